The lowest BCUT2D eigenvalue weighted by atomic mass is 10.0. The second-order valence-electron chi connectivity index (χ2n) is 5.29. The maximum atomic E-state index is 13.7. The molecule has 0 aromatic heterocycles. The van der Waals surface area contributed by atoms with Crippen LogP contribution in [0, 0.1) is 21.8 Å². The fourth-order valence-electron chi connectivity index (χ4n) is 1.90. The van der Waals surface area contributed by atoms with Crippen molar-refractivity contribution in [2.24, 2.45) is 5.92 Å². The summed E-state index contributed by atoms with van der Waals surface area (Å²) in [6.07, 6.45) is 3.18. The molecule has 1 aromatic rings. The highest BCUT2D eigenvalue weighted by molar-refractivity contribution is 5.50. The van der Waals surface area contributed by atoms with E-state index < -0.39 is 10.7 Å². The Morgan fingerprint density at radius 3 is 2.53 bits per heavy atom. The van der Waals surface area contributed by atoms with Gasteiger partial charge in [0.25, 0.3) is 5.69 Å². The van der Waals surface area contributed by atoms with Crippen LogP contribution in [0.4, 0.5) is 15.8 Å². The Bertz CT molecular complexity index is 435. The molecule has 0 bridgehead atoms. The first kappa shape index (κ1) is 15.4. The number of nitrogens with one attached hydrogen (secondary N) is 1. The number of hydrogen-bond donors (Lipinski definition) is 1. The molecule has 1 rings (SSSR count). The van der Waals surface area contributed by atoms with E-state index in [9.17, 15) is 14.5 Å². The molecule has 4 nitrogen and oxygen atoms in total. The van der Waals surface area contributed by atoms with E-state index in [0.29, 0.717) is 11.6 Å². The molecule has 1 N–H and O–H groups in total. The van der Waals surface area contributed by atoms with Crippen LogP contribution in [0.25, 0.3) is 0 Å². The topological polar surface area (TPSA) is 55.2 Å². The van der Waals surface area contributed by atoms with Crippen molar-refractivity contribution in [2.75, 3.05) is 5.32 Å². The number of nitrogens with zero attached hydrogens (tertiary/aromatic N) is 1. The third kappa shape index (κ3) is 5.24. The number of benzene rings is 1. The quantitative estimate of drug-likeness (QED) is 0.590. The summed E-state index contributed by atoms with van der Waals surface area (Å²) in [6, 6.07) is 3.83. The number of non-ortho nitro benzene ring substituents is 1. The summed E-state index contributed by atoms with van der Waals surface area (Å²) in [5, 5.41) is 13.6. The highest BCUT2D eigenvalue weighted by Crippen LogP contribution is 2.22. The van der Waals surface area contributed by atoms with Gasteiger partial charge in [-0.25, -0.2) is 4.39 Å². The first-order chi connectivity index (χ1) is 8.90. The van der Waals surface area contributed by atoms with Gasteiger partial charge >= 0.3 is 0 Å². The number of nitro groups is 1. The van der Waals surface area contributed by atoms with Crippen molar-refractivity contribution in [3.63, 3.8) is 0 Å². The lowest BCUT2D eigenvalue weighted by Gasteiger charge is -2.16. The summed E-state index contributed by atoms with van der Waals surface area (Å²) in [7, 11) is 0. The average Bonchev–Trinajstić information content (AvgIpc) is 2.31. The zero-order valence-electron chi connectivity index (χ0n) is 11.6. The van der Waals surface area contributed by atoms with Gasteiger partial charge in [-0.1, -0.05) is 26.7 Å². The zero-order chi connectivity index (χ0) is 14.4. The predicted molar refractivity (Wildman–Crippen MR) is 74.8 cm³/mol. The number of halogens is 1. The molecule has 0 amide bonds. The number of hydrogen-bond acceptors (Lipinski definition) is 3. The SMILES string of the molecule is CC(C)CCCC(C)Nc1ccc([N+](=O)[O-])cc1F. The van der Waals surface area contributed by atoms with Crippen LogP contribution < -0.4 is 5.32 Å². The van der Waals surface area contributed by atoms with Crippen molar-refractivity contribution in [1.29, 1.82) is 0 Å². The smallest absolute Gasteiger partial charge is 0.272 e. The lowest BCUT2D eigenvalue weighted by molar-refractivity contribution is -0.385. The van der Waals surface area contributed by atoms with Gasteiger partial charge in [-0.3, -0.25) is 10.1 Å². The Labute approximate surface area is 113 Å². The highest BCUT2D eigenvalue weighted by Gasteiger charge is 2.12. The van der Waals surface area contributed by atoms with E-state index in [1.54, 1.807) is 0 Å². The Balaban J connectivity index is 2.54. The molecule has 1 atom stereocenters. The van der Waals surface area contributed by atoms with E-state index in [1.807, 2.05) is 6.92 Å². The number of rotatable bonds is 7. The van der Waals surface area contributed by atoms with Crippen LogP contribution in [0.2, 0.25) is 0 Å². The Morgan fingerprint density at radius 1 is 1.32 bits per heavy atom. The first-order valence-corrected chi connectivity index (χ1v) is 6.60. The summed E-state index contributed by atoms with van der Waals surface area (Å²) in [6.45, 7) is 6.34. The second-order valence-corrected chi connectivity index (χ2v) is 5.29. The summed E-state index contributed by atoms with van der Waals surface area (Å²) in [4.78, 5) is 9.91. The maximum Gasteiger partial charge on any atom is 0.272 e. The molecule has 19 heavy (non-hydrogen) atoms. The molecule has 0 saturated carbocycles. The van der Waals surface area contributed by atoms with Crippen LogP contribution in [0.15, 0.2) is 18.2 Å². The molecule has 0 aliphatic carbocycles. The second kappa shape index (κ2) is 7.07. The first-order valence-electron chi connectivity index (χ1n) is 6.60. The van der Waals surface area contributed by atoms with E-state index in [4.69, 9.17) is 0 Å². The van der Waals surface area contributed by atoms with Gasteiger partial charge in [0, 0.05) is 12.1 Å². The highest BCUT2D eigenvalue weighted by atomic mass is 19.1. The molecule has 5 heteroatoms. The zero-order valence-corrected chi connectivity index (χ0v) is 11.6. The number of nitro benzene ring substituents is 1. The minimum Gasteiger partial charge on any atom is -0.380 e. The minimum atomic E-state index is -0.598. The molecule has 0 saturated heterocycles. The largest absolute Gasteiger partial charge is 0.380 e. The van der Waals surface area contributed by atoms with Gasteiger partial charge in [0.2, 0.25) is 0 Å². The third-order valence-electron chi connectivity index (χ3n) is 2.98. The molecule has 0 spiro atoms. The van der Waals surface area contributed by atoms with Gasteiger partial charge < -0.3 is 5.32 Å². The van der Waals surface area contributed by atoms with Gasteiger partial charge in [0.15, 0.2) is 5.82 Å². The summed E-state index contributed by atoms with van der Waals surface area (Å²) in [5.74, 6) is 0.0909. The Morgan fingerprint density at radius 2 is 2.00 bits per heavy atom. The molecule has 0 heterocycles. The molecule has 1 aromatic carbocycles. The van der Waals surface area contributed by atoms with Crippen LogP contribution in [0.5, 0.6) is 0 Å². The fraction of sp³-hybridized carbons (Fsp3) is 0.571. The van der Waals surface area contributed by atoms with E-state index in [0.717, 1.165) is 25.3 Å². The van der Waals surface area contributed by atoms with Crippen molar-refractivity contribution < 1.29 is 9.31 Å². The molecule has 0 fully saturated rings. The van der Waals surface area contributed by atoms with Gasteiger partial charge in [-0.2, -0.15) is 0 Å². The standard InChI is InChI=1S/C14H21FN2O2/c1-10(2)5-4-6-11(3)16-14-8-7-12(17(18)19)9-13(14)15/h7-11,16H,4-6H2,1-3H3. The van der Waals surface area contributed by atoms with Gasteiger partial charge in [-0.15, -0.1) is 0 Å². The Hall–Kier alpha value is -1.65. The van der Waals surface area contributed by atoms with E-state index in [1.165, 1.54) is 12.1 Å². The molecule has 1 unspecified atom stereocenters. The molecular weight excluding hydrogens is 247 g/mol. The van der Waals surface area contributed by atoms with Crippen LogP contribution in [0.1, 0.15) is 40.0 Å². The van der Waals surface area contributed by atoms with E-state index in [-0.39, 0.29) is 11.7 Å². The average molecular weight is 268 g/mol. The minimum absolute atomic E-state index is 0.148. The van der Waals surface area contributed by atoms with Crippen LogP contribution in [-0.2, 0) is 0 Å². The van der Waals surface area contributed by atoms with E-state index >= 15 is 0 Å². The van der Waals surface area contributed by atoms with E-state index in [2.05, 4.69) is 19.2 Å². The van der Waals surface area contributed by atoms with Crippen LogP contribution in [-0.4, -0.2) is 11.0 Å². The van der Waals surface area contributed by atoms with Crippen molar-refractivity contribution in [2.45, 2.75) is 46.1 Å². The molecule has 0 aliphatic heterocycles. The normalized spacial score (nSPS) is 12.5. The molecule has 0 radical (unpaired) electrons. The molecular formula is C14H21FN2O2. The number of anilines is 1. The van der Waals surface area contributed by atoms with Crippen molar-refractivity contribution in [3.8, 4) is 0 Å². The van der Waals surface area contributed by atoms with Gasteiger partial charge in [0.05, 0.1) is 16.7 Å². The lowest BCUT2D eigenvalue weighted by Crippen LogP contribution is -2.16. The Kier molecular flexibility index (Phi) is 5.73. The van der Waals surface area contributed by atoms with Gasteiger partial charge in [0.1, 0.15) is 0 Å². The van der Waals surface area contributed by atoms with Crippen molar-refractivity contribution >= 4 is 11.4 Å². The van der Waals surface area contributed by atoms with Crippen LogP contribution in [0.3, 0.4) is 0 Å². The van der Waals surface area contributed by atoms with Crippen LogP contribution >= 0.6 is 0 Å². The van der Waals surface area contributed by atoms with Crippen molar-refractivity contribution in [3.05, 3.63) is 34.1 Å². The summed E-state index contributed by atoms with van der Waals surface area (Å²) >= 11 is 0. The summed E-state index contributed by atoms with van der Waals surface area (Å²) in [5.41, 5.74) is 0.0955. The maximum absolute atomic E-state index is 13.7. The van der Waals surface area contributed by atoms with Gasteiger partial charge in [-0.05, 0) is 25.3 Å². The third-order valence-corrected chi connectivity index (χ3v) is 2.98. The fourth-order valence-corrected chi connectivity index (χ4v) is 1.90. The van der Waals surface area contributed by atoms with Crippen molar-refractivity contribution in [1.82, 2.24) is 0 Å². The molecule has 0 aliphatic rings. The monoisotopic (exact) mass is 268 g/mol. The molecule has 106 valence electrons. The summed E-state index contributed by atoms with van der Waals surface area (Å²) < 4.78 is 13.7. The predicted octanol–water partition coefficient (Wildman–Crippen LogP) is 4.36.